The summed E-state index contributed by atoms with van der Waals surface area (Å²) in [5, 5.41) is 0. The fourth-order valence-electron chi connectivity index (χ4n) is 0.881. The second kappa shape index (κ2) is 5.80. The van der Waals surface area contributed by atoms with Gasteiger partial charge in [0.05, 0.1) is 9.49 Å². The fraction of sp³-hybridized carbons (Fsp3) is 0.182. The van der Waals surface area contributed by atoms with Crippen LogP contribution in [0.25, 0.3) is 0 Å². The van der Waals surface area contributed by atoms with Crippen LogP contribution in [-0.2, 0) is 4.74 Å². The van der Waals surface area contributed by atoms with E-state index in [-0.39, 0.29) is 9.89 Å². The Labute approximate surface area is 97.1 Å². The molecule has 0 aliphatic rings. The van der Waals surface area contributed by atoms with Crippen LogP contribution in [0.4, 0.5) is 0 Å². The quantitative estimate of drug-likeness (QED) is 0.370. The zero-order valence-electron chi connectivity index (χ0n) is 7.65. The average molecular weight is 302 g/mol. The minimum absolute atomic E-state index is 0.167. The number of alkyl halides is 1. The van der Waals surface area contributed by atoms with Gasteiger partial charge in [0.15, 0.2) is 0 Å². The van der Waals surface area contributed by atoms with Crippen molar-refractivity contribution in [3.05, 3.63) is 48.6 Å². The van der Waals surface area contributed by atoms with Crippen LogP contribution in [0.3, 0.4) is 0 Å². The van der Waals surface area contributed by atoms with E-state index < -0.39 is 0 Å². The van der Waals surface area contributed by atoms with Gasteiger partial charge in [-0.15, -0.1) is 6.58 Å². The molecule has 3 heteroatoms. The SMILES string of the molecule is C=CC(I)COC(=O)c1ccccc1. The van der Waals surface area contributed by atoms with Crippen LogP contribution in [0.5, 0.6) is 0 Å². The molecule has 1 aromatic rings. The van der Waals surface area contributed by atoms with E-state index in [0.717, 1.165) is 0 Å². The molecule has 0 spiro atoms. The van der Waals surface area contributed by atoms with Crippen LogP contribution in [0.1, 0.15) is 10.4 Å². The van der Waals surface area contributed by atoms with Gasteiger partial charge in [0, 0.05) is 0 Å². The van der Waals surface area contributed by atoms with Gasteiger partial charge in [-0.25, -0.2) is 4.79 Å². The summed E-state index contributed by atoms with van der Waals surface area (Å²) in [6, 6.07) is 8.95. The standard InChI is InChI=1S/C11H11IO2/c1-2-10(12)8-14-11(13)9-6-4-3-5-7-9/h2-7,10H,1,8H2. The van der Waals surface area contributed by atoms with Gasteiger partial charge >= 0.3 is 5.97 Å². The molecule has 0 saturated heterocycles. The molecule has 0 aliphatic heterocycles. The van der Waals surface area contributed by atoms with E-state index in [4.69, 9.17) is 4.74 Å². The number of benzene rings is 1. The zero-order chi connectivity index (χ0) is 10.4. The number of ether oxygens (including phenoxy) is 1. The smallest absolute Gasteiger partial charge is 0.338 e. The lowest BCUT2D eigenvalue weighted by atomic mass is 10.2. The van der Waals surface area contributed by atoms with E-state index >= 15 is 0 Å². The highest BCUT2D eigenvalue weighted by atomic mass is 127. The van der Waals surface area contributed by atoms with Gasteiger partial charge in [-0.2, -0.15) is 0 Å². The average Bonchev–Trinajstić information content (AvgIpc) is 2.26. The van der Waals surface area contributed by atoms with Gasteiger partial charge in [-0.3, -0.25) is 0 Å². The lowest BCUT2D eigenvalue weighted by Crippen LogP contribution is -2.11. The lowest BCUT2D eigenvalue weighted by molar-refractivity contribution is 0.0520. The monoisotopic (exact) mass is 302 g/mol. The molecule has 14 heavy (non-hydrogen) atoms. The number of halogens is 1. The Kier molecular flexibility index (Phi) is 4.65. The molecule has 0 amide bonds. The molecule has 1 atom stereocenters. The molecule has 0 saturated carbocycles. The Morgan fingerprint density at radius 2 is 2.14 bits per heavy atom. The van der Waals surface area contributed by atoms with E-state index in [1.807, 2.05) is 18.2 Å². The third-order valence-corrected chi connectivity index (χ3v) is 2.51. The Morgan fingerprint density at radius 1 is 1.50 bits per heavy atom. The Hall–Kier alpha value is -0.840. The van der Waals surface area contributed by atoms with Crippen LogP contribution in [0.15, 0.2) is 43.0 Å². The third-order valence-electron chi connectivity index (χ3n) is 1.64. The second-order valence-electron chi connectivity index (χ2n) is 2.72. The summed E-state index contributed by atoms with van der Waals surface area (Å²) in [6.45, 7) is 3.99. The number of carbonyl (C=O) groups excluding carboxylic acids is 1. The Morgan fingerprint density at radius 3 is 2.71 bits per heavy atom. The van der Waals surface area contributed by atoms with E-state index in [2.05, 4.69) is 29.2 Å². The van der Waals surface area contributed by atoms with Gasteiger partial charge in [-0.1, -0.05) is 46.9 Å². The van der Waals surface area contributed by atoms with Crippen LogP contribution in [0, 0.1) is 0 Å². The van der Waals surface area contributed by atoms with Crippen LogP contribution >= 0.6 is 22.6 Å². The van der Waals surface area contributed by atoms with E-state index in [1.54, 1.807) is 18.2 Å². The predicted molar refractivity (Wildman–Crippen MR) is 64.7 cm³/mol. The molecule has 0 heterocycles. The maximum Gasteiger partial charge on any atom is 0.338 e. The first-order valence-corrected chi connectivity index (χ1v) is 5.47. The van der Waals surface area contributed by atoms with E-state index in [0.29, 0.717) is 12.2 Å². The number of rotatable bonds is 4. The van der Waals surface area contributed by atoms with E-state index in [1.165, 1.54) is 0 Å². The highest BCUT2D eigenvalue weighted by Crippen LogP contribution is 2.05. The topological polar surface area (TPSA) is 26.3 Å². The molecule has 1 rings (SSSR count). The Bertz CT molecular complexity index is 308. The summed E-state index contributed by atoms with van der Waals surface area (Å²) in [6.07, 6.45) is 1.75. The molecule has 0 N–H and O–H groups in total. The third kappa shape index (κ3) is 3.49. The minimum atomic E-state index is -0.283. The lowest BCUT2D eigenvalue weighted by Gasteiger charge is -2.06. The largest absolute Gasteiger partial charge is 0.461 e. The molecule has 0 radical (unpaired) electrons. The maximum atomic E-state index is 11.4. The van der Waals surface area contributed by atoms with Crippen molar-refractivity contribution in [1.82, 2.24) is 0 Å². The molecular formula is C11H11IO2. The number of hydrogen-bond acceptors (Lipinski definition) is 2. The van der Waals surface area contributed by atoms with E-state index in [9.17, 15) is 4.79 Å². The molecule has 0 bridgehead atoms. The molecule has 2 nitrogen and oxygen atoms in total. The predicted octanol–water partition coefficient (Wildman–Crippen LogP) is 2.83. The first-order chi connectivity index (χ1) is 6.74. The fourth-order valence-corrected chi connectivity index (χ4v) is 1.06. The van der Waals surface area contributed by atoms with Crippen molar-refractivity contribution in [2.75, 3.05) is 6.61 Å². The minimum Gasteiger partial charge on any atom is -0.461 e. The molecule has 0 aromatic heterocycles. The summed E-state index contributed by atoms with van der Waals surface area (Å²) in [5.74, 6) is -0.283. The van der Waals surface area contributed by atoms with Crippen LogP contribution in [0.2, 0.25) is 0 Å². The van der Waals surface area contributed by atoms with Crippen molar-refractivity contribution in [1.29, 1.82) is 0 Å². The molecule has 1 unspecified atom stereocenters. The van der Waals surface area contributed by atoms with Crippen molar-refractivity contribution < 1.29 is 9.53 Å². The van der Waals surface area contributed by atoms with Crippen molar-refractivity contribution in [2.45, 2.75) is 3.92 Å². The second-order valence-corrected chi connectivity index (χ2v) is 4.32. The molecular weight excluding hydrogens is 291 g/mol. The van der Waals surface area contributed by atoms with Gasteiger partial charge in [0.2, 0.25) is 0 Å². The molecule has 74 valence electrons. The first-order valence-electron chi connectivity index (χ1n) is 4.23. The van der Waals surface area contributed by atoms with Crippen LogP contribution < -0.4 is 0 Å². The van der Waals surface area contributed by atoms with Crippen LogP contribution in [-0.4, -0.2) is 16.5 Å². The van der Waals surface area contributed by atoms with Crippen molar-refractivity contribution in [3.8, 4) is 0 Å². The van der Waals surface area contributed by atoms with Crippen molar-refractivity contribution in [3.63, 3.8) is 0 Å². The van der Waals surface area contributed by atoms with Gasteiger partial charge < -0.3 is 4.74 Å². The molecule has 0 aliphatic carbocycles. The summed E-state index contributed by atoms with van der Waals surface area (Å²) in [5.41, 5.74) is 0.583. The summed E-state index contributed by atoms with van der Waals surface area (Å²) < 4.78 is 5.23. The summed E-state index contributed by atoms with van der Waals surface area (Å²) in [4.78, 5) is 11.4. The zero-order valence-corrected chi connectivity index (χ0v) is 9.81. The normalized spacial score (nSPS) is 11.8. The first kappa shape index (κ1) is 11.2. The number of carbonyl (C=O) groups is 1. The van der Waals surface area contributed by atoms with Crippen molar-refractivity contribution in [2.24, 2.45) is 0 Å². The summed E-state index contributed by atoms with van der Waals surface area (Å²) in [7, 11) is 0. The van der Waals surface area contributed by atoms with Crippen molar-refractivity contribution >= 4 is 28.6 Å². The van der Waals surface area contributed by atoms with Gasteiger partial charge in [0.25, 0.3) is 0 Å². The Balaban J connectivity index is 2.47. The number of hydrogen-bond donors (Lipinski definition) is 0. The molecule has 1 aromatic carbocycles. The molecule has 0 fully saturated rings. The summed E-state index contributed by atoms with van der Waals surface area (Å²) >= 11 is 2.16. The van der Waals surface area contributed by atoms with Gasteiger partial charge in [0.1, 0.15) is 6.61 Å². The maximum absolute atomic E-state index is 11.4. The number of esters is 1. The highest BCUT2D eigenvalue weighted by molar-refractivity contribution is 14.1. The highest BCUT2D eigenvalue weighted by Gasteiger charge is 2.07. The van der Waals surface area contributed by atoms with Gasteiger partial charge in [-0.05, 0) is 12.1 Å².